The Labute approximate surface area is 104 Å². The third-order valence-electron chi connectivity index (χ3n) is 2.52. The SMILES string of the molecule is Cc1nn(C)cc1CNc1ccc(Cl)cc1F. The van der Waals surface area contributed by atoms with Gasteiger partial charge in [-0.2, -0.15) is 5.10 Å². The molecule has 3 nitrogen and oxygen atoms in total. The average Bonchev–Trinajstić information content (AvgIpc) is 2.56. The van der Waals surface area contributed by atoms with E-state index in [1.54, 1.807) is 16.8 Å². The summed E-state index contributed by atoms with van der Waals surface area (Å²) < 4.78 is 15.2. The van der Waals surface area contributed by atoms with Crippen molar-refractivity contribution in [2.24, 2.45) is 7.05 Å². The van der Waals surface area contributed by atoms with E-state index in [2.05, 4.69) is 10.4 Å². The van der Waals surface area contributed by atoms with Crippen LogP contribution in [0.5, 0.6) is 0 Å². The van der Waals surface area contributed by atoms with Gasteiger partial charge in [-0.05, 0) is 25.1 Å². The fourth-order valence-electron chi connectivity index (χ4n) is 1.65. The molecule has 0 saturated carbocycles. The second-order valence-electron chi connectivity index (χ2n) is 3.89. The van der Waals surface area contributed by atoms with E-state index in [1.165, 1.54) is 6.07 Å². The molecule has 0 spiro atoms. The maximum absolute atomic E-state index is 13.5. The minimum absolute atomic E-state index is 0.348. The van der Waals surface area contributed by atoms with Gasteiger partial charge in [-0.1, -0.05) is 11.6 Å². The number of nitrogens with zero attached hydrogens (tertiary/aromatic N) is 2. The van der Waals surface area contributed by atoms with Gasteiger partial charge in [0.1, 0.15) is 5.82 Å². The third kappa shape index (κ3) is 2.77. The number of benzene rings is 1. The zero-order valence-electron chi connectivity index (χ0n) is 9.67. The topological polar surface area (TPSA) is 29.9 Å². The van der Waals surface area contributed by atoms with Crippen molar-refractivity contribution in [3.63, 3.8) is 0 Å². The normalized spacial score (nSPS) is 10.6. The van der Waals surface area contributed by atoms with Gasteiger partial charge in [-0.25, -0.2) is 4.39 Å². The molecule has 1 heterocycles. The van der Waals surface area contributed by atoms with Crippen LogP contribution in [0, 0.1) is 12.7 Å². The van der Waals surface area contributed by atoms with Crippen molar-refractivity contribution < 1.29 is 4.39 Å². The van der Waals surface area contributed by atoms with Crippen LogP contribution >= 0.6 is 11.6 Å². The lowest BCUT2D eigenvalue weighted by atomic mass is 10.2. The van der Waals surface area contributed by atoms with Crippen molar-refractivity contribution in [3.05, 3.63) is 46.5 Å². The summed E-state index contributed by atoms with van der Waals surface area (Å²) in [6, 6.07) is 4.58. The number of nitrogens with one attached hydrogen (secondary N) is 1. The first-order chi connectivity index (χ1) is 8.06. The van der Waals surface area contributed by atoms with E-state index in [4.69, 9.17) is 11.6 Å². The van der Waals surface area contributed by atoms with E-state index >= 15 is 0 Å². The van der Waals surface area contributed by atoms with Gasteiger partial charge in [-0.15, -0.1) is 0 Å². The van der Waals surface area contributed by atoms with Crippen molar-refractivity contribution in [1.29, 1.82) is 0 Å². The molecule has 0 radical (unpaired) electrons. The van der Waals surface area contributed by atoms with Crippen LogP contribution in [0.15, 0.2) is 24.4 Å². The monoisotopic (exact) mass is 253 g/mol. The summed E-state index contributed by atoms with van der Waals surface area (Å²) >= 11 is 5.68. The third-order valence-corrected chi connectivity index (χ3v) is 2.75. The smallest absolute Gasteiger partial charge is 0.147 e. The van der Waals surface area contributed by atoms with Crippen LogP contribution in [0.25, 0.3) is 0 Å². The van der Waals surface area contributed by atoms with Crippen LogP contribution in [-0.4, -0.2) is 9.78 Å². The number of anilines is 1. The van der Waals surface area contributed by atoms with E-state index < -0.39 is 0 Å². The van der Waals surface area contributed by atoms with Gasteiger partial charge in [0.15, 0.2) is 0 Å². The molecular formula is C12H13ClFN3. The van der Waals surface area contributed by atoms with Gasteiger partial charge in [0.05, 0.1) is 11.4 Å². The lowest BCUT2D eigenvalue weighted by Crippen LogP contribution is -2.01. The molecule has 0 bridgehead atoms. The van der Waals surface area contributed by atoms with Gasteiger partial charge in [-0.3, -0.25) is 4.68 Å². The van der Waals surface area contributed by atoms with Crippen LogP contribution in [0.1, 0.15) is 11.3 Å². The number of hydrogen-bond acceptors (Lipinski definition) is 2. The zero-order valence-corrected chi connectivity index (χ0v) is 10.4. The minimum Gasteiger partial charge on any atom is -0.378 e. The van der Waals surface area contributed by atoms with Crippen LogP contribution in [-0.2, 0) is 13.6 Å². The van der Waals surface area contributed by atoms with Crippen LogP contribution in [0.2, 0.25) is 5.02 Å². The molecule has 0 unspecified atom stereocenters. The molecule has 2 aromatic rings. The van der Waals surface area contributed by atoms with E-state index in [9.17, 15) is 4.39 Å². The summed E-state index contributed by atoms with van der Waals surface area (Å²) in [4.78, 5) is 0. The Balaban J connectivity index is 2.10. The average molecular weight is 254 g/mol. The van der Waals surface area contributed by atoms with Crippen LogP contribution < -0.4 is 5.32 Å². The molecule has 0 aliphatic carbocycles. The summed E-state index contributed by atoms with van der Waals surface area (Å²) in [5.74, 6) is -0.348. The van der Waals surface area contributed by atoms with Crippen LogP contribution in [0.3, 0.4) is 0 Å². The second kappa shape index (κ2) is 4.75. The largest absolute Gasteiger partial charge is 0.378 e. The molecule has 0 saturated heterocycles. The number of aryl methyl sites for hydroxylation is 2. The van der Waals surface area contributed by atoms with Gasteiger partial charge < -0.3 is 5.32 Å². The number of rotatable bonds is 3. The molecule has 0 amide bonds. The molecule has 5 heteroatoms. The van der Waals surface area contributed by atoms with E-state index in [0.29, 0.717) is 17.3 Å². The first-order valence-corrected chi connectivity index (χ1v) is 5.62. The fraction of sp³-hybridized carbons (Fsp3) is 0.250. The quantitative estimate of drug-likeness (QED) is 0.911. The number of halogens is 2. The van der Waals surface area contributed by atoms with Gasteiger partial charge in [0.2, 0.25) is 0 Å². The van der Waals surface area contributed by atoms with Gasteiger partial charge in [0, 0.05) is 30.4 Å². The molecule has 17 heavy (non-hydrogen) atoms. The molecule has 0 atom stereocenters. The van der Waals surface area contributed by atoms with Crippen LogP contribution in [0.4, 0.5) is 10.1 Å². The second-order valence-corrected chi connectivity index (χ2v) is 4.33. The molecule has 1 aromatic carbocycles. The minimum atomic E-state index is -0.348. The van der Waals surface area contributed by atoms with Crippen molar-refractivity contribution >= 4 is 17.3 Å². The zero-order chi connectivity index (χ0) is 12.4. The summed E-state index contributed by atoms with van der Waals surface area (Å²) in [5.41, 5.74) is 2.42. The fourth-order valence-corrected chi connectivity index (χ4v) is 1.80. The summed E-state index contributed by atoms with van der Waals surface area (Å²) in [5, 5.41) is 7.64. The number of aromatic nitrogens is 2. The lowest BCUT2D eigenvalue weighted by molar-refractivity contribution is 0.630. The highest BCUT2D eigenvalue weighted by Crippen LogP contribution is 2.19. The Kier molecular flexibility index (Phi) is 3.33. The van der Waals surface area contributed by atoms with Crippen molar-refractivity contribution in [2.45, 2.75) is 13.5 Å². The highest BCUT2D eigenvalue weighted by molar-refractivity contribution is 6.30. The van der Waals surface area contributed by atoms with Crippen molar-refractivity contribution in [1.82, 2.24) is 9.78 Å². The molecule has 0 aliphatic heterocycles. The molecule has 1 aromatic heterocycles. The van der Waals surface area contributed by atoms with E-state index in [-0.39, 0.29) is 5.82 Å². The Morgan fingerprint density at radius 1 is 1.47 bits per heavy atom. The first-order valence-electron chi connectivity index (χ1n) is 5.24. The highest BCUT2D eigenvalue weighted by atomic mass is 35.5. The Morgan fingerprint density at radius 2 is 2.24 bits per heavy atom. The first kappa shape index (κ1) is 11.9. The molecular weight excluding hydrogens is 241 g/mol. The van der Waals surface area contributed by atoms with Gasteiger partial charge in [0.25, 0.3) is 0 Å². The maximum atomic E-state index is 13.5. The maximum Gasteiger partial charge on any atom is 0.147 e. The molecule has 1 N–H and O–H groups in total. The van der Waals surface area contributed by atoms with Gasteiger partial charge >= 0.3 is 0 Å². The van der Waals surface area contributed by atoms with Crippen molar-refractivity contribution in [2.75, 3.05) is 5.32 Å². The lowest BCUT2D eigenvalue weighted by Gasteiger charge is -2.06. The summed E-state index contributed by atoms with van der Waals surface area (Å²) in [7, 11) is 1.86. The molecule has 0 fully saturated rings. The van der Waals surface area contributed by atoms with E-state index in [0.717, 1.165) is 11.3 Å². The highest BCUT2D eigenvalue weighted by Gasteiger charge is 2.05. The summed E-state index contributed by atoms with van der Waals surface area (Å²) in [6.45, 7) is 2.47. The summed E-state index contributed by atoms with van der Waals surface area (Å²) in [6.07, 6.45) is 1.91. The number of hydrogen-bond donors (Lipinski definition) is 1. The standard InChI is InChI=1S/C12H13ClFN3/c1-8-9(7-17(2)16-8)6-15-12-4-3-10(13)5-11(12)14/h3-5,7,15H,6H2,1-2H3. The predicted molar refractivity (Wildman–Crippen MR) is 66.7 cm³/mol. The predicted octanol–water partition coefficient (Wildman–Crippen LogP) is 3.13. The Hall–Kier alpha value is -1.55. The Bertz CT molecular complexity index is 537. The Morgan fingerprint density at radius 3 is 2.82 bits per heavy atom. The molecule has 0 aliphatic rings. The molecule has 90 valence electrons. The van der Waals surface area contributed by atoms with E-state index in [1.807, 2.05) is 20.2 Å². The molecule has 2 rings (SSSR count). The van der Waals surface area contributed by atoms with Crippen molar-refractivity contribution in [3.8, 4) is 0 Å².